The van der Waals surface area contributed by atoms with Crippen molar-refractivity contribution < 1.29 is 0 Å². The second-order valence-corrected chi connectivity index (χ2v) is 2.80. The van der Waals surface area contributed by atoms with Crippen molar-refractivity contribution in [2.24, 2.45) is 0 Å². The van der Waals surface area contributed by atoms with E-state index in [1.165, 1.54) is 11.4 Å². The number of H-pyrrole nitrogens is 1. The molecule has 0 saturated carbocycles. The van der Waals surface area contributed by atoms with Crippen molar-refractivity contribution in [2.45, 2.75) is 19.4 Å². The van der Waals surface area contributed by atoms with Gasteiger partial charge in [-0.2, -0.15) is 0 Å². The predicted octanol–water partition coefficient (Wildman–Crippen LogP) is 0.616. The summed E-state index contributed by atoms with van der Waals surface area (Å²) in [4.78, 5) is 7.36. The SMILES string of the molecule is CC1CNCc2[nH]cnc21. The lowest BCUT2D eigenvalue weighted by atomic mass is 10.0. The minimum atomic E-state index is 0.565. The first-order chi connectivity index (χ1) is 4.88. The quantitative estimate of drug-likeness (QED) is 0.550. The summed E-state index contributed by atoms with van der Waals surface area (Å²) >= 11 is 0. The van der Waals surface area contributed by atoms with Gasteiger partial charge in [0.05, 0.1) is 17.7 Å². The number of fused-ring (bicyclic) bond motifs is 1. The summed E-state index contributed by atoms with van der Waals surface area (Å²) in [6.07, 6.45) is 1.77. The van der Waals surface area contributed by atoms with Gasteiger partial charge >= 0.3 is 0 Å². The van der Waals surface area contributed by atoms with Gasteiger partial charge < -0.3 is 10.3 Å². The van der Waals surface area contributed by atoms with E-state index < -0.39 is 0 Å². The Morgan fingerprint density at radius 1 is 1.70 bits per heavy atom. The number of imidazole rings is 1. The van der Waals surface area contributed by atoms with Gasteiger partial charge in [0.15, 0.2) is 0 Å². The van der Waals surface area contributed by atoms with E-state index in [4.69, 9.17) is 0 Å². The zero-order valence-corrected chi connectivity index (χ0v) is 6.02. The monoisotopic (exact) mass is 137 g/mol. The van der Waals surface area contributed by atoms with E-state index in [9.17, 15) is 0 Å². The summed E-state index contributed by atoms with van der Waals surface area (Å²) in [5.74, 6) is 0.565. The minimum Gasteiger partial charge on any atom is -0.347 e. The van der Waals surface area contributed by atoms with Gasteiger partial charge in [-0.25, -0.2) is 4.98 Å². The molecule has 2 N–H and O–H groups in total. The predicted molar refractivity (Wildman–Crippen MR) is 38.7 cm³/mol. The topological polar surface area (TPSA) is 40.7 Å². The van der Waals surface area contributed by atoms with Gasteiger partial charge in [-0.3, -0.25) is 0 Å². The molecule has 0 saturated heterocycles. The number of hydrogen-bond donors (Lipinski definition) is 2. The largest absolute Gasteiger partial charge is 0.347 e. The second-order valence-electron chi connectivity index (χ2n) is 2.80. The molecule has 3 heteroatoms. The summed E-state index contributed by atoms with van der Waals surface area (Å²) in [5.41, 5.74) is 2.48. The molecule has 1 aromatic rings. The lowest BCUT2D eigenvalue weighted by Crippen LogP contribution is -2.26. The number of nitrogens with one attached hydrogen (secondary N) is 2. The molecule has 1 aliphatic rings. The van der Waals surface area contributed by atoms with Crippen LogP contribution >= 0.6 is 0 Å². The molecule has 1 aliphatic heterocycles. The standard InChI is InChI=1S/C7H11N3/c1-5-2-8-3-6-7(5)10-4-9-6/h4-5,8H,2-3H2,1H3,(H,9,10). The maximum Gasteiger partial charge on any atom is 0.0925 e. The van der Waals surface area contributed by atoms with Crippen LogP contribution < -0.4 is 5.32 Å². The molecule has 0 amide bonds. The van der Waals surface area contributed by atoms with Crippen LogP contribution in [0.2, 0.25) is 0 Å². The molecular weight excluding hydrogens is 126 g/mol. The van der Waals surface area contributed by atoms with E-state index in [0.717, 1.165) is 13.1 Å². The Kier molecular flexibility index (Phi) is 1.24. The zero-order chi connectivity index (χ0) is 6.97. The molecule has 0 spiro atoms. The van der Waals surface area contributed by atoms with Crippen LogP contribution in [0.5, 0.6) is 0 Å². The Morgan fingerprint density at radius 2 is 2.60 bits per heavy atom. The van der Waals surface area contributed by atoms with Gasteiger partial charge in [0.1, 0.15) is 0 Å². The van der Waals surface area contributed by atoms with E-state index in [-0.39, 0.29) is 0 Å². The van der Waals surface area contributed by atoms with E-state index in [1.54, 1.807) is 6.33 Å². The Balaban J connectivity index is 2.41. The highest BCUT2D eigenvalue weighted by molar-refractivity contribution is 5.18. The molecule has 0 bridgehead atoms. The molecule has 54 valence electrons. The van der Waals surface area contributed by atoms with Gasteiger partial charge in [0.2, 0.25) is 0 Å². The molecule has 2 heterocycles. The molecule has 0 radical (unpaired) electrons. The summed E-state index contributed by atoms with van der Waals surface area (Å²) in [5, 5.41) is 3.31. The molecule has 2 rings (SSSR count). The highest BCUT2D eigenvalue weighted by Gasteiger charge is 2.17. The van der Waals surface area contributed by atoms with Crippen LogP contribution in [-0.2, 0) is 6.54 Å². The molecule has 10 heavy (non-hydrogen) atoms. The maximum absolute atomic E-state index is 4.24. The minimum absolute atomic E-state index is 0.565. The van der Waals surface area contributed by atoms with Gasteiger partial charge in [0.25, 0.3) is 0 Å². The fourth-order valence-corrected chi connectivity index (χ4v) is 1.41. The molecule has 1 aromatic heterocycles. The number of nitrogens with zero attached hydrogens (tertiary/aromatic N) is 1. The highest BCUT2D eigenvalue weighted by atomic mass is 15.0. The van der Waals surface area contributed by atoms with Crippen molar-refractivity contribution in [1.82, 2.24) is 15.3 Å². The number of hydrogen-bond acceptors (Lipinski definition) is 2. The van der Waals surface area contributed by atoms with Crippen molar-refractivity contribution >= 4 is 0 Å². The highest BCUT2D eigenvalue weighted by Crippen LogP contribution is 2.18. The van der Waals surface area contributed by atoms with Crippen molar-refractivity contribution in [3.63, 3.8) is 0 Å². The van der Waals surface area contributed by atoms with Crippen LogP contribution in [0.15, 0.2) is 6.33 Å². The van der Waals surface area contributed by atoms with E-state index in [1.807, 2.05) is 0 Å². The summed E-state index contributed by atoms with van der Waals surface area (Å²) in [7, 11) is 0. The first-order valence-electron chi connectivity index (χ1n) is 3.61. The van der Waals surface area contributed by atoms with Crippen molar-refractivity contribution in [1.29, 1.82) is 0 Å². The van der Waals surface area contributed by atoms with Crippen LogP contribution in [0.25, 0.3) is 0 Å². The van der Waals surface area contributed by atoms with E-state index in [2.05, 4.69) is 22.2 Å². The normalized spacial score (nSPS) is 24.3. The third-order valence-corrected chi connectivity index (χ3v) is 1.97. The van der Waals surface area contributed by atoms with Crippen LogP contribution in [0.4, 0.5) is 0 Å². The molecule has 0 aliphatic carbocycles. The lowest BCUT2D eigenvalue weighted by Gasteiger charge is -2.17. The zero-order valence-electron chi connectivity index (χ0n) is 6.02. The maximum atomic E-state index is 4.24. The fourth-order valence-electron chi connectivity index (χ4n) is 1.41. The number of aromatic nitrogens is 2. The molecule has 1 atom stereocenters. The molecule has 0 aromatic carbocycles. The van der Waals surface area contributed by atoms with Crippen LogP contribution in [0, 0.1) is 0 Å². The van der Waals surface area contributed by atoms with Gasteiger partial charge in [0, 0.05) is 19.0 Å². The third kappa shape index (κ3) is 0.743. The molecular formula is C7H11N3. The Bertz CT molecular complexity index is 229. The summed E-state index contributed by atoms with van der Waals surface area (Å²) in [6, 6.07) is 0. The summed E-state index contributed by atoms with van der Waals surface area (Å²) in [6.45, 7) is 4.18. The van der Waals surface area contributed by atoms with Crippen LogP contribution in [0.3, 0.4) is 0 Å². The van der Waals surface area contributed by atoms with Crippen LogP contribution in [0.1, 0.15) is 24.2 Å². The van der Waals surface area contributed by atoms with Gasteiger partial charge in [-0.15, -0.1) is 0 Å². The van der Waals surface area contributed by atoms with E-state index in [0.29, 0.717) is 5.92 Å². The Morgan fingerprint density at radius 3 is 3.40 bits per heavy atom. The van der Waals surface area contributed by atoms with Gasteiger partial charge in [-0.1, -0.05) is 6.92 Å². The van der Waals surface area contributed by atoms with E-state index >= 15 is 0 Å². The third-order valence-electron chi connectivity index (χ3n) is 1.97. The Hall–Kier alpha value is -0.830. The molecule has 1 unspecified atom stereocenters. The first kappa shape index (κ1) is 5.92. The average Bonchev–Trinajstić information content (AvgIpc) is 2.36. The van der Waals surface area contributed by atoms with Crippen molar-refractivity contribution in [3.8, 4) is 0 Å². The van der Waals surface area contributed by atoms with Gasteiger partial charge in [-0.05, 0) is 0 Å². The van der Waals surface area contributed by atoms with Crippen LogP contribution in [-0.4, -0.2) is 16.5 Å². The number of rotatable bonds is 0. The molecule has 0 fully saturated rings. The Labute approximate surface area is 59.9 Å². The molecule has 3 nitrogen and oxygen atoms in total. The first-order valence-corrected chi connectivity index (χ1v) is 3.61. The fraction of sp³-hybridized carbons (Fsp3) is 0.571. The summed E-state index contributed by atoms with van der Waals surface area (Å²) < 4.78 is 0. The average molecular weight is 137 g/mol. The lowest BCUT2D eigenvalue weighted by molar-refractivity contribution is 0.556. The van der Waals surface area contributed by atoms with Crippen molar-refractivity contribution in [2.75, 3.05) is 6.54 Å². The second kappa shape index (κ2) is 2.09. The van der Waals surface area contributed by atoms with Crippen molar-refractivity contribution in [3.05, 3.63) is 17.7 Å². The smallest absolute Gasteiger partial charge is 0.0925 e. The number of aromatic amines is 1.